The van der Waals surface area contributed by atoms with Crippen LogP contribution >= 0.6 is 0 Å². The van der Waals surface area contributed by atoms with Crippen molar-refractivity contribution in [3.63, 3.8) is 0 Å². The van der Waals surface area contributed by atoms with Crippen molar-refractivity contribution in [2.45, 2.75) is 13.5 Å². The van der Waals surface area contributed by atoms with Crippen LogP contribution in [-0.4, -0.2) is 30.6 Å². The number of para-hydroxylation sites is 1. The summed E-state index contributed by atoms with van der Waals surface area (Å²) in [6.07, 6.45) is 4.97. The number of anilines is 2. The number of rotatable bonds is 4. The van der Waals surface area contributed by atoms with E-state index < -0.39 is 0 Å². The molecule has 2 amide bonds. The summed E-state index contributed by atoms with van der Waals surface area (Å²) >= 11 is 0. The zero-order chi connectivity index (χ0) is 16.2. The van der Waals surface area contributed by atoms with Crippen LogP contribution in [0, 0.1) is 0 Å². The van der Waals surface area contributed by atoms with E-state index in [1.54, 1.807) is 30.5 Å². The molecule has 0 unspecified atom stereocenters. The fraction of sp³-hybridized carbons (Fsp3) is 0.200. The highest BCUT2D eigenvalue weighted by Gasteiger charge is 2.13. The van der Waals surface area contributed by atoms with Gasteiger partial charge in [0.25, 0.3) is 0 Å². The number of aromatic nitrogens is 5. The molecule has 0 saturated carbocycles. The van der Waals surface area contributed by atoms with Crippen LogP contribution in [0.25, 0.3) is 11.4 Å². The number of aryl methyl sites for hydroxylation is 2. The molecular weight excluding hydrogens is 294 g/mol. The maximum atomic E-state index is 12.2. The molecule has 0 saturated heterocycles. The van der Waals surface area contributed by atoms with E-state index in [1.807, 2.05) is 35.8 Å². The van der Waals surface area contributed by atoms with E-state index in [-0.39, 0.29) is 6.03 Å². The number of hydrogen-bond donors (Lipinski definition) is 2. The summed E-state index contributed by atoms with van der Waals surface area (Å²) in [5, 5.41) is 17.7. The third-order valence-electron chi connectivity index (χ3n) is 3.34. The molecule has 0 aliphatic rings. The Morgan fingerprint density at radius 2 is 2.09 bits per heavy atom. The van der Waals surface area contributed by atoms with Crippen LogP contribution < -0.4 is 10.6 Å². The van der Waals surface area contributed by atoms with Crippen molar-refractivity contribution in [1.29, 1.82) is 0 Å². The third kappa shape index (κ3) is 3.20. The smallest absolute Gasteiger partial charge is 0.314 e. The molecule has 0 aliphatic carbocycles. The number of nitrogens with one attached hydrogen (secondary N) is 2. The van der Waals surface area contributed by atoms with E-state index in [0.29, 0.717) is 17.2 Å². The predicted molar refractivity (Wildman–Crippen MR) is 87.0 cm³/mol. The van der Waals surface area contributed by atoms with Gasteiger partial charge in [-0.25, -0.2) is 4.79 Å². The Hall–Kier alpha value is -3.16. The molecule has 0 spiro atoms. The largest absolute Gasteiger partial charge is 0.323 e. The zero-order valence-corrected chi connectivity index (χ0v) is 12.9. The van der Waals surface area contributed by atoms with Gasteiger partial charge in [-0.2, -0.15) is 5.10 Å². The van der Waals surface area contributed by atoms with Crippen LogP contribution in [-0.2, 0) is 13.6 Å². The molecular formula is C15H17N7O. The molecule has 8 nitrogen and oxygen atoms in total. The van der Waals surface area contributed by atoms with Crippen molar-refractivity contribution in [3.8, 4) is 11.4 Å². The number of amides is 2. The van der Waals surface area contributed by atoms with Crippen LogP contribution in [0.1, 0.15) is 6.92 Å². The molecule has 0 atom stereocenters. The van der Waals surface area contributed by atoms with Gasteiger partial charge in [-0.3, -0.25) is 4.68 Å². The van der Waals surface area contributed by atoms with Crippen molar-refractivity contribution in [2.75, 3.05) is 10.6 Å². The monoisotopic (exact) mass is 311 g/mol. The second-order valence-corrected chi connectivity index (χ2v) is 4.97. The zero-order valence-electron chi connectivity index (χ0n) is 12.9. The molecule has 8 heteroatoms. The highest BCUT2D eigenvalue weighted by molar-refractivity contribution is 6.01. The van der Waals surface area contributed by atoms with Gasteiger partial charge in [0.05, 0.1) is 17.6 Å². The lowest BCUT2D eigenvalue weighted by molar-refractivity contribution is 0.262. The predicted octanol–water partition coefficient (Wildman–Crippen LogP) is 2.34. The topological polar surface area (TPSA) is 89.7 Å². The van der Waals surface area contributed by atoms with Crippen LogP contribution in [0.4, 0.5) is 16.2 Å². The van der Waals surface area contributed by atoms with Gasteiger partial charge in [-0.05, 0) is 19.1 Å². The summed E-state index contributed by atoms with van der Waals surface area (Å²) in [6, 6.07) is 7.14. The van der Waals surface area contributed by atoms with Crippen molar-refractivity contribution in [2.24, 2.45) is 7.05 Å². The van der Waals surface area contributed by atoms with Crippen molar-refractivity contribution in [3.05, 3.63) is 43.0 Å². The molecule has 23 heavy (non-hydrogen) atoms. The minimum absolute atomic E-state index is 0.340. The van der Waals surface area contributed by atoms with Gasteiger partial charge in [0.1, 0.15) is 6.33 Å². The summed E-state index contributed by atoms with van der Waals surface area (Å²) in [5.41, 5.74) is 2.10. The minimum Gasteiger partial charge on any atom is -0.314 e. The van der Waals surface area contributed by atoms with Gasteiger partial charge >= 0.3 is 6.03 Å². The average molecular weight is 311 g/mol. The Morgan fingerprint density at radius 3 is 2.83 bits per heavy atom. The van der Waals surface area contributed by atoms with E-state index in [4.69, 9.17) is 0 Å². The van der Waals surface area contributed by atoms with Crippen LogP contribution in [0.3, 0.4) is 0 Å². The SMILES string of the molecule is CCn1cnnc1-c1ccccc1NC(=O)Nc1cnn(C)c1. The van der Waals surface area contributed by atoms with Crippen LogP contribution in [0.5, 0.6) is 0 Å². The van der Waals surface area contributed by atoms with Gasteiger partial charge in [0.2, 0.25) is 0 Å². The Bertz CT molecular complexity index is 821. The van der Waals surface area contributed by atoms with Gasteiger partial charge in [0.15, 0.2) is 5.82 Å². The first-order valence-corrected chi connectivity index (χ1v) is 7.21. The van der Waals surface area contributed by atoms with Gasteiger partial charge < -0.3 is 15.2 Å². The second kappa shape index (κ2) is 6.30. The summed E-state index contributed by atoms with van der Waals surface area (Å²) < 4.78 is 3.53. The van der Waals surface area contributed by atoms with Gasteiger partial charge in [-0.1, -0.05) is 12.1 Å². The van der Waals surface area contributed by atoms with Crippen molar-refractivity contribution >= 4 is 17.4 Å². The number of carbonyl (C=O) groups excluding carboxylic acids is 1. The molecule has 0 aliphatic heterocycles. The van der Waals surface area contributed by atoms with E-state index >= 15 is 0 Å². The normalized spacial score (nSPS) is 10.5. The minimum atomic E-state index is -0.340. The highest BCUT2D eigenvalue weighted by atomic mass is 16.2. The molecule has 3 rings (SSSR count). The van der Waals surface area contributed by atoms with E-state index in [1.165, 1.54) is 0 Å². The molecule has 0 fully saturated rings. The Balaban J connectivity index is 1.82. The maximum absolute atomic E-state index is 12.2. The molecule has 2 aromatic heterocycles. The Labute approximate surface area is 133 Å². The quantitative estimate of drug-likeness (QED) is 0.774. The van der Waals surface area contributed by atoms with Gasteiger partial charge in [0, 0.05) is 25.4 Å². The molecule has 0 bridgehead atoms. The Kier molecular flexibility index (Phi) is 4.05. The fourth-order valence-electron chi connectivity index (χ4n) is 2.25. The molecule has 2 heterocycles. The van der Waals surface area contributed by atoms with E-state index in [9.17, 15) is 4.79 Å². The lowest BCUT2D eigenvalue weighted by atomic mass is 10.1. The molecule has 0 radical (unpaired) electrons. The van der Waals surface area contributed by atoms with E-state index in [2.05, 4.69) is 25.9 Å². The first kappa shape index (κ1) is 14.8. The number of urea groups is 1. The van der Waals surface area contributed by atoms with E-state index in [0.717, 1.165) is 12.1 Å². The number of nitrogens with zero attached hydrogens (tertiary/aromatic N) is 5. The summed E-state index contributed by atoms with van der Waals surface area (Å²) in [7, 11) is 1.79. The number of hydrogen-bond acceptors (Lipinski definition) is 4. The number of benzene rings is 1. The summed E-state index contributed by atoms with van der Waals surface area (Å²) in [6.45, 7) is 2.76. The summed E-state index contributed by atoms with van der Waals surface area (Å²) in [5.74, 6) is 0.713. The molecule has 2 N–H and O–H groups in total. The lowest BCUT2D eigenvalue weighted by Gasteiger charge is -2.11. The fourth-order valence-corrected chi connectivity index (χ4v) is 2.25. The standard InChI is InChI=1S/C15H17N7O/c1-3-22-10-16-20-14(22)12-6-4-5-7-13(12)19-15(23)18-11-8-17-21(2)9-11/h4-10H,3H2,1-2H3,(H2,18,19,23). The second-order valence-electron chi connectivity index (χ2n) is 4.97. The van der Waals surface area contributed by atoms with Crippen LogP contribution in [0.15, 0.2) is 43.0 Å². The molecule has 118 valence electrons. The highest BCUT2D eigenvalue weighted by Crippen LogP contribution is 2.26. The molecule has 3 aromatic rings. The third-order valence-corrected chi connectivity index (χ3v) is 3.34. The van der Waals surface area contributed by atoms with Crippen molar-refractivity contribution in [1.82, 2.24) is 24.5 Å². The first-order chi connectivity index (χ1) is 11.2. The van der Waals surface area contributed by atoms with Crippen molar-refractivity contribution < 1.29 is 4.79 Å². The maximum Gasteiger partial charge on any atom is 0.323 e. The lowest BCUT2D eigenvalue weighted by Crippen LogP contribution is -2.19. The average Bonchev–Trinajstić information content (AvgIpc) is 3.16. The van der Waals surface area contributed by atoms with Gasteiger partial charge in [-0.15, -0.1) is 10.2 Å². The van der Waals surface area contributed by atoms with Crippen LogP contribution in [0.2, 0.25) is 0 Å². The first-order valence-electron chi connectivity index (χ1n) is 7.21. The summed E-state index contributed by atoms with van der Waals surface area (Å²) in [4.78, 5) is 12.2. The number of carbonyl (C=O) groups is 1. The molecule has 1 aromatic carbocycles. The Morgan fingerprint density at radius 1 is 1.26 bits per heavy atom.